The molecule has 1 unspecified atom stereocenters. The monoisotopic (exact) mass is 324 g/mol. The van der Waals surface area contributed by atoms with Gasteiger partial charge in [-0.2, -0.15) is 0 Å². The molecule has 4 nitrogen and oxygen atoms in total. The van der Waals surface area contributed by atoms with Gasteiger partial charge in [0.2, 0.25) is 5.91 Å². The summed E-state index contributed by atoms with van der Waals surface area (Å²) in [6, 6.07) is 15.9. The van der Waals surface area contributed by atoms with Gasteiger partial charge in [-0.05, 0) is 48.6 Å². The van der Waals surface area contributed by atoms with E-state index < -0.39 is 0 Å². The normalized spacial score (nSPS) is 15.6. The molecule has 1 amide bonds. The predicted molar refractivity (Wildman–Crippen MR) is 95.9 cm³/mol. The Morgan fingerprint density at radius 2 is 1.88 bits per heavy atom. The molecule has 0 spiro atoms. The highest BCUT2D eigenvalue weighted by molar-refractivity contribution is 5.94. The number of nitrogens with zero attached hydrogens (tertiary/aromatic N) is 1. The largest absolute Gasteiger partial charge is 0.396 e. The molecular formula is C20H24N2O2. The lowest BCUT2D eigenvalue weighted by molar-refractivity contribution is -0.121. The summed E-state index contributed by atoms with van der Waals surface area (Å²) in [5.74, 6) is 0.0179. The fourth-order valence-electron chi connectivity index (χ4n) is 3.14. The van der Waals surface area contributed by atoms with Crippen molar-refractivity contribution in [3.8, 4) is 0 Å². The third-order valence-corrected chi connectivity index (χ3v) is 4.71. The molecule has 2 aromatic rings. The molecule has 0 aliphatic carbocycles. The van der Waals surface area contributed by atoms with Crippen molar-refractivity contribution in [3.63, 3.8) is 0 Å². The molecule has 24 heavy (non-hydrogen) atoms. The third kappa shape index (κ3) is 3.83. The minimum absolute atomic E-state index is 0.0179. The highest BCUT2D eigenvalue weighted by Gasteiger charge is 2.25. The lowest BCUT2D eigenvalue weighted by Gasteiger charge is -2.32. The fourth-order valence-corrected chi connectivity index (χ4v) is 3.14. The van der Waals surface area contributed by atoms with Crippen LogP contribution in [0.3, 0.4) is 0 Å². The number of aliphatic hydroxyl groups excluding tert-OH is 1. The Kier molecular flexibility index (Phi) is 5.28. The summed E-state index contributed by atoms with van der Waals surface area (Å²) >= 11 is 0. The SMILES string of the molecule is CC(C(=O)Nc1ccc(CCO)cc1)N1CCc2ccccc2C1. The number of nitrogens with one attached hydrogen (secondary N) is 1. The Morgan fingerprint density at radius 3 is 2.58 bits per heavy atom. The molecule has 0 bridgehead atoms. The standard InChI is InChI=1S/C20H24N2O2/c1-15(22-12-10-17-4-2-3-5-18(17)14-22)20(24)21-19-8-6-16(7-9-19)11-13-23/h2-9,15,23H,10-14H2,1H3,(H,21,24). The molecule has 0 saturated heterocycles. The Balaban J connectivity index is 1.61. The number of carbonyl (C=O) groups is 1. The molecule has 126 valence electrons. The minimum atomic E-state index is -0.171. The van der Waals surface area contributed by atoms with Crippen LogP contribution in [-0.2, 0) is 24.2 Å². The summed E-state index contributed by atoms with van der Waals surface area (Å²) in [6.07, 6.45) is 1.63. The van der Waals surface area contributed by atoms with Crippen LogP contribution in [0.5, 0.6) is 0 Å². The molecule has 1 heterocycles. The maximum Gasteiger partial charge on any atom is 0.241 e. The van der Waals surface area contributed by atoms with E-state index in [0.29, 0.717) is 6.42 Å². The van der Waals surface area contributed by atoms with Gasteiger partial charge in [-0.25, -0.2) is 0 Å². The van der Waals surface area contributed by atoms with E-state index in [4.69, 9.17) is 5.11 Å². The summed E-state index contributed by atoms with van der Waals surface area (Å²) in [5.41, 5.74) is 4.57. The zero-order valence-electron chi connectivity index (χ0n) is 14.0. The number of aliphatic hydroxyl groups is 1. The molecule has 2 N–H and O–H groups in total. The summed E-state index contributed by atoms with van der Waals surface area (Å²) in [7, 11) is 0. The molecule has 0 aromatic heterocycles. The first-order chi connectivity index (χ1) is 11.7. The summed E-state index contributed by atoms with van der Waals surface area (Å²) in [4.78, 5) is 14.8. The van der Waals surface area contributed by atoms with E-state index in [1.54, 1.807) is 0 Å². The van der Waals surface area contributed by atoms with Crippen molar-refractivity contribution in [2.45, 2.75) is 32.4 Å². The molecule has 2 aromatic carbocycles. The topological polar surface area (TPSA) is 52.6 Å². The molecule has 1 atom stereocenters. The van der Waals surface area contributed by atoms with E-state index in [1.807, 2.05) is 31.2 Å². The highest BCUT2D eigenvalue weighted by Crippen LogP contribution is 2.21. The Hall–Kier alpha value is -2.17. The molecule has 1 aliphatic rings. The van der Waals surface area contributed by atoms with Gasteiger partial charge < -0.3 is 10.4 Å². The smallest absolute Gasteiger partial charge is 0.241 e. The van der Waals surface area contributed by atoms with Crippen molar-refractivity contribution in [1.29, 1.82) is 0 Å². The van der Waals surface area contributed by atoms with Crippen LogP contribution in [0, 0.1) is 0 Å². The molecule has 3 rings (SSSR count). The van der Waals surface area contributed by atoms with E-state index >= 15 is 0 Å². The van der Waals surface area contributed by atoms with Crippen molar-refractivity contribution in [1.82, 2.24) is 4.90 Å². The zero-order chi connectivity index (χ0) is 16.9. The molecular weight excluding hydrogens is 300 g/mol. The van der Waals surface area contributed by atoms with Crippen LogP contribution >= 0.6 is 0 Å². The first kappa shape index (κ1) is 16.7. The van der Waals surface area contributed by atoms with Crippen LogP contribution in [0.2, 0.25) is 0 Å². The molecule has 0 radical (unpaired) electrons. The zero-order valence-corrected chi connectivity index (χ0v) is 14.0. The Labute approximate surface area is 143 Å². The van der Waals surface area contributed by atoms with Crippen LogP contribution in [0.1, 0.15) is 23.6 Å². The number of benzene rings is 2. The fraction of sp³-hybridized carbons (Fsp3) is 0.350. The van der Waals surface area contributed by atoms with Crippen molar-refractivity contribution < 1.29 is 9.90 Å². The van der Waals surface area contributed by atoms with Gasteiger partial charge in [0.25, 0.3) is 0 Å². The number of rotatable bonds is 5. The Morgan fingerprint density at radius 1 is 1.17 bits per heavy atom. The second-order valence-corrected chi connectivity index (χ2v) is 6.32. The van der Waals surface area contributed by atoms with Gasteiger partial charge in [0.05, 0.1) is 6.04 Å². The van der Waals surface area contributed by atoms with Gasteiger partial charge in [-0.15, -0.1) is 0 Å². The number of fused-ring (bicyclic) bond motifs is 1. The minimum Gasteiger partial charge on any atom is -0.396 e. The first-order valence-corrected chi connectivity index (χ1v) is 8.49. The summed E-state index contributed by atoms with van der Waals surface area (Å²) in [5, 5.41) is 11.9. The van der Waals surface area contributed by atoms with Gasteiger partial charge in [0, 0.05) is 25.4 Å². The maximum atomic E-state index is 12.5. The quantitative estimate of drug-likeness (QED) is 0.889. The van der Waals surface area contributed by atoms with Gasteiger partial charge in [0.1, 0.15) is 0 Å². The molecule has 0 saturated carbocycles. The van der Waals surface area contributed by atoms with Crippen molar-refractivity contribution in [2.24, 2.45) is 0 Å². The van der Waals surface area contributed by atoms with Gasteiger partial charge in [-0.3, -0.25) is 9.69 Å². The number of hydrogen-bond acceptors (Lipinski definition) is 3. The van der Waals surface area contributed by atoms with Gasteiger partial charge in [-0.1, -0.05) is 36.4 Å². The number of hydrogen-bond donors (Lipinski definition) is 2. The van der Waals surface area contributed by atoms with Crippen LogP contribution in [0.4, 0.5) is 5.69 Å². The average Bonchev–Trinajstić information content (AvgIpc) is 2.62. The third-order valence-electron chi connectivity index (χ3n) is 4.71. The number of carbonyl (C=O) groups excluding carboxylic acids is 1. The van der Waals surface area contributed by atoms with Crippen molar-refractivity contribution in [3.05, 3.63) is 65.2 Å². The van der Waals surface area contributed by atoms with E-state index in [2.05, 4.69) is 34.5 Å². The summed E-state index contributed by atoms with van der Waals surface area (Å²) < 4.78 is 0. The van der Waals surface area contributed by atoms with Crippen LogP contribution in [-0.4, -0.2) is 35.1 Å². The molecule has 0 fully saturated rings. The maximum absolute atomic E-state index is 12.5. The lowest BCUT2D eigenvalue weighted by Crippen LogP contribution is -2.44. The highest BCUT2D eigenvalue weighted by atomic mass is 16.3. The van der Waals surface area contributed by atoms with Gasteiger partial charge >= 0.3 is 0 Å². The van der Waals surface area contributed by atoms with E-state index in [-0.39, 0.29) is 18.6 Å². The first-order valence-electron chi connectivity index (χ1n) is 8.49. The molecule has 1 aliphatic heterocycles. The number of amides is 1. The summed E-state index contributed by atoms with van der Waals surface area (Å²) in [6.45, 7) is 3.82. The number of anilines is 1. The van der Waals surface area contributed by atoms with Crippen molar-refractivity contribution in [2.75, 3.05) is 18.5 Å². The van der Waals surface area contributed by atoms with Crippen molar-refractivity contribution >= 4 is 11.6 Å². The van der Waals surface area contributed by atoms with E-state index in [0.717, 1.165) is 30.8 Å². The van der Waals surface area contributed by atoms with Crippen LogP contribution < -0.4 is 5.32 Å². The lowest BCUT2D eigenvalue weighted by atomic mass is 9.99. The second kappa shape index (κ2) is 7.60. The van der Waals surface area contributed by atoms with E-state index in [9.17, 15) is 4.79 Å². The Bertz CT molecular complexity index is 697. The second-order valence-electron chi connectivity index (χ2n) is 6.32. The van der Waals surface area contributed by atoms with Gasteiger partial charge in [0.15, 0.2) is 0 Å². The molecule has 4 heteroatoms. The van der Waals surface area contributed by atoms with Crippen LogP contribution in [0.25, 0.3) is 0 Å². The van der Waals surface area contributed by atoms with Crippen LogP contribution in [0.15, 0.2) is 48.5 Å². The van der Waals surface area contributed by atoms with E-state index in [1.165, 1.54) is 11.1 Å². The predicted octanol–water partition coefficient (Wildman–Crippen LogP) is 2.61. The average molecular weight is 324 g/mol.